The molecular weight excluding hydrogens is 244 g/mol. The fraction of sp³-hybridized carbons (Fsp3) is 0.444. The highest BCUT2D eigenvalue weighted by Gasteiger charge is 2.18. The van der Waals surface area contributed by atoms with Crippen LogP contribution in [0.25, 0.3) is 0 Å². The number of hydrogen-bond donors (Lipinski definition) is 1. The van der Waals surface area contributed by atoms with E-state index in [0.29, 0.717) is 6.04 Å². The highest BCUT2D eigenvalue weighted by molar-refractivity contribution is 5.32. The third-order valence-corrected chi connectivity index (χ3v) is 3.55. The molecule has 1 N–H and O–H groups in total. The number of nitrogens with zero attached hydrogens (tertiary/aromatic N) is 1. The zero-order valence-electron chi connectivity index (χ0n) is 13.1. The topological polar surface area (TPSA) is 15.3 Å². The molecule has 1 aliphatic rings. The van der Waals surface area contributed by atoms with Gasteiger partial charge in [-0.2, -0.15) is 0 Å². The van der Waals surface area contributed by atoms with Crippen LogP contribution in [0, 0.1) is 0 Å². The Balaban J connectivity index is 2.89. The third-order valence-electron chi connectivity index (χ3n) is 3.55. The molecule has 0 aromatic carbocycles. The largest absolute Gasteiger partial charge is 0.364 e. The van der Waals surface area contributed by atoms with Gasteiger partial charge < -0.3 is 10.2 Å². The van der Waals surface area contributed by atoms with Crippen LogP contribution in [0.5, 0.6) is 0 Å². The van der Waals surface area contributed by atoms with Gasteiger partial charge in [-0.15, -0.1) is 0 Å². The van der Waals surface area contributed by atoms with E-state index in [4.69, 9.17) is 0 Å². The molecule has 2 nitrogen and oxygen atoms in total. The van der Waals surface area contributed by atoms with Crippen molar-refractivity contribution in [1.82, 2.24) is 10.2 Å². The fourth-order valence-electron chi connectivity index (χ4n) is 2.35. The van der Waals surface area contributed by atoms with Crippen molar-refractivity contribution < 1.29 is 0 Å². The average Bonchev–Trinajstić information content (AvgIpc) is 2.61. The summed E-state index contributed by atoms with van der Waals surface area (Å²) in [5, 5.41) is 3.23. The summed E-state index contributed by atoms with van der Waals surface area (Å²) in [5.41, 5.74) is 2.60. The van der Waals surface area contributed by atoms with Crippen molar-refractivity contribution in [3.05, 3.63) is 60.4 Å². The molecule has 0 bridgehead atoms. The van der Waals surface area contributed by atoms with E-state index in [1.807, 2.05) is 13.1 Å². The lowest BCUT2D eigenvalue weighted by Crippen LogP contribution is -2.37. The molecule has 0 aliphatic carbocycles. The molecule has 0 fully saturated rings. The zero-order valence-corrected chi connectivity index (χ0v) is 13.1. The monoisotopic (exact) mass is 272 g/mol. The first-order valence-corrected chi connectivity index (χ1v) is 7.51. The molecule has 0 radical (unpaired) electrons. The van der Waals surface area contributed by atoms with Crippen molar-refractivity contribution in [2.24, 2.45) is 0 Å². The Kier molecular flexibility index (Phi) is 7.74. The maximum Gasteiger partial charge on any atom is 0.0511 e. The summed E-state index contributed by atoms with van der Waals surface area (Å²) < 4.78 is 0. The zero-order chi connectivity index (χ0) is 14.8. The second-order valence-corrected chi connectivity index (χ2v) is 4.94. The van der Waals surface area contributed by atoms with E-state index in [1.54, 1.807) is 0 Å². The van der Waals surface area contributed by atoms with Gasteiger partial charge in [-0.1, -0.05) is 50.0 Å². The van der Waals surface area contributed by atoms with Crippen LogP contribution in [0.1, 0.15) is 26.7 Å². The molecule has 1 rings (SSSR count). The van der Waals surface area contributed by atoms with Gasteiger partial charge in [0.1, 0.15) is 0 Å². The number of hydrogen-bond acceptors (Lipinski definition) is 2. The van der Waals surface area contributed by atoms with Gasteiger partial charge in [-0.05, 0) is 38.5 Å². The second-order valence-electron chi connectivity index (χ2n) is 4.94. The molecule has 20 heavy (non-hydrogen) atoms. The van der Waals surface area contributed by atoms with Crippen molar-refractivity contribution in [1.29, 1.82) is 0 Å². The lowest BCUT2D eigenvalue weighted by molar-refractivity contribution is 0.311. The number of allylic oxidation sites excluding steroid dienone is 6. The maximum absolute atomic E-state index is 3.94. The van der Waals surface area contributed by atoms with E-state index in [2.05, 4.69) is 67.1 Å². The van der Waals surface area contributed by atoms with Crippen LogP contribution in [0.2, 0.25) is 0 Å². The van der Waals surface area contributed by atoms with E-state index in [-0.39, 0.29) is 0 Å². The molecule has 0 saturated heterocycles. The Bertz CT molecular complexity index is 413. The van der Waals surface area contributed by atoms with Gasteiger partial charge in [0, 0.05) is 18.8 Å². The first-order chi connectivity index (χ1) is 9.74. The number of likely N-dealkylation sites (N-methyl/N-ethyl adjacent to an activating group) is 1. The summed E-state index contributed by atoms with van der Waals surface area (Å²) in [6.45, 7) is 10.3. The van der Waals surface area contributed by atoms with Crippen molar-refractivity contribution in [2.75, 3.05) is 20.1 Å². The van der Waals surface area contributed by atoms with Gasteiger partial charge in [0.2, 0.25) is 0 Å². The Morgan fingerprint density at radius 3 is 2.85 bits per heavy atom. The van der Waals surface area contributed by atoms with Crippen LogP contribution >= 0.6 is 0 Å². The van der Waals surface area contributed by atoms with Crippen molar-refractivity contribution >= 4 is 0 Å². The molecule has 0 aromatic rings. The average molecular weight is 272 g/mol. The normalized spacial score (nSPS) is 20.1. The number of nitrogens with one attached hydrogen (secondary N) is 1. The Morgan fingerprint density at radius 1 is 1.40 bits per heavy atom. The molecule has 2 heteroatoms. The first-order valence-electron chi connectivity index (χ1n) is 7.51. The molecule has 1 atom stereocenters. The van der Waals surface area contributed by atoms with E-state index >= 15 is 0 Å². The first kappa shape index (κ1) is 16.5. The van der Waals surface area contributed by atoms with Crippen LogP contribution in [0.3, 0.4) is 0 Å². The lowest BCUT2D eigenvalue weighted by atomic mass is 10.1. The molecule has 110 valence electrons. The van der Waals surface area contributed by atoms with Gasteiger partial charge in [-0.25, -0.2) is 0 Å². The van der Waals surface area contributed by atoms with E-state index in [1.165, 1.54) is 11.3 Å². The summed E-state index contributed by atoms with van der Waals surface area (Å²) >= 11 is 0. The minimum atomic E-state index is 0.370. The smallest absolute Gasteiger partial charge is 0.0511 e. The van der Waals surface area contributed by atoms with E-state index in [0.717, 1.165) is 25.9 Å². The quantitative estimate of drug-likeness (QED) is 0.709. The predicted molar refractivity (Wildman–Crippen MR) is 89.6 cm³/mol. The summed E-state index contributed by atoms with van der Waals surface area (Å²) in [7, 11) is 2.00. The molecular formula is C18H28N2. The third kappa shape index (κ3) is 4.86. The van der Waals surface area contributed by atoms with Gasteiger partial charge >= 0.3 is 0 Å². The van der Waals surface area contributed by atoms with Crippen LogP contribution in [0.15, 0.2) is 60.4 Å². The summed E-state index contributed by atoms with van der Waals surface area (Å²) in [6.07, 6.45) is 17.2. The van der Waals surface area contributed by atoms with Crippen LogP contribution in [-0.2, 0) is 0 Å². The Morgan fingerprint density at radius 2 is 2.20 bits per heavy atom. The SMILES string of the molecule is C=CC1=CCC=C(/C=C\C=C/CC)N(CCNC)C1C. The molecule has 1 heterocycles. The van der Waals surface area contributed by atoms with Gasteiger partial charge in [0.05, 0.1) is 6.04 Å². The van der Waals surface area contributed by atoms with Crippen molar-refractivity contribution in [3.8, 4) is 0 Å². The highest BCUT2D eigenvalue weighted by atomic mass is 15.2. The summed E-state index contributed by atoms with van der Waals surface area (Å²) in [5.74, 6) is 0. The summed E-state index contributed by atoms with van der Waals surface area (Å²) in [6, 6.07) is 0.370. The van der Waals surface area contributed by atoms with E-state index in [9.17, 15) is 0 Å². The molecule has 0 saturated carbocycles. The minimum absolute atomic E-state index is 0.370. The van der Waals surface area contributed by atoms with E-state index < -0.39 is 0 Å². The fourth-order valence-corrected chi connectivity index (χ4v) is 2.35. The van der Waals surface area contributed by atoms with Crippen molar-refractivity contribution in [3.63, 3.8) is 0 Å². The molecule has 0 spiro atoms. The number of rotatable bonds is 7. The lowest BCUT2D eigenvalue weighted by Gasteiger charge is -2.32. The predicted octanol–water partition coefficient (Wildman–Crippen LogP) is 3.82. The van der Waals surface area contributed by atoms with Crippen LogP contribution in [0.4, 0.5) is 0 Å². The minimum Gasteiger partial charge on any atom is -0.364 e. The van der Waals surface area contributed by atoms with Crippen LogP contribution < -0.4 is 5.32 Å². The van der Waals surface area contributed by atoms with Crippen molar-refractivity contribution in [2.45, 2.75) is 32.7 Å². The molecule has 0 amide bonds. The Hall–Kier alpha value is -1.54. The molecule has 1 aliphatic heterocycles. The molecule has 0 aromatic heterocycles. The van der Waals surface area contributed by atoms with Gasteiger partial charge in [0.25, 0.3) is 0 Å². The van der Waals surface area contributed by atoms with Crippen LogP contribution in [-0.4, -0.2) is 31.1 Å². The van der Waals surface area contributed by atoms with Gasteiger partial charge in [0.15, 0.2) is 0 Å². The maximum atomic E-state index is 3.94. The highest BCUT2D eigenvalue weighted by Crippen LogP contribution is 2.22. The Labute approximate surface area is 124 Å². The summed E-state index contributed by atoms with van der Waals surface area (Å²) in [4.78, 5) is 2.44. The standard InChI is InChI=1S/C18H28N2/c1-5-7-8-9-12-18-13-10-11-17(6-2)16(3)20(18)15-14-19-4/h6-9,11-13,16,19H,2,5,10,14-15H2,1,3-4H3/b8-7-,12-9-. The van der Waals surface area contributed by atoms with Gasteiger partial charge in [-0.3, -0.25) is 0 Å². The molecule has 1 unspecified atom stereocenters. The second kappa shape index (κ2) is 9.38.